The largest absolute Gasteiger partial charge is 0.382 e. The van der Waals surface area contributed by atoms with Gasteiger partial charge in [0.15, 0.2) is 5.96 Å². The number of nitrogens with zero attached hydrogens (tertiary/aromatic N) is 1. The number of methoxy groups -OCH3 is 1. The number of rotatable bonds is 10. The predicted molar refractivity (Wildman–Crippen MR) is 96.3 cm³/mol. The van der Waals surface area contributed by atoms with Crippen LogP contribution in [0.15, 0.2) is 29.3 Å². The molecule has 0 aliphatic rings. The highest BCUT2D eigenvalue weighted by Crippen LogP contribution is 2.19. The van der Waals surface area contributed by atoms with Gasteiger partial charge < -0.3 is 20.1 Å². The van der Waals surface area contributed by atoms with Gasteiger partial charge in [0, 0.05) is 45.5 Å². The zero-order chi connectivity index (χ0) is 16.9. The molecule has 0 aliphatic heterocycles. The number of aliphatic imine (C=N–C) groups is 1. The second-order valence-corrected chi connectivity index (χ2v) is 5.50. The van der Waals surface area contributed by atoms with Crippen molar-refractivity contribution in [2.24, 2.45) is 4.99 Å². The molecule has 0 bridgehead atoms. The maximum absolute atomic E-state index is 6.03. The number of hydrogen-bond donors (Lipinski definition) is 2. The molecule has 1 aromatic rings. The molecule has 0 amide bonds. The lowest BCUT2D eigenvalue weighted by molar-refractivity contribution is 0.106. The quantitative estimate of drug-likeness (QED) is 0.390. The van der Waals surface area contributed by atoms with E-state index in [1.807, 2.05) is 31.2 Å². The standard InChI is InChI=1S/C17H28ClN3O2/c1-4-23-11-6-5-10-20-17(19-2)21-13-16(22-3)14-8-7-9-15(18)12-14/h7-9,12,16H,4-6,10-11,13H2,1-3H3,(H2,19,20,21). The number of halogens is 1. The van der Waals surface area contributed by atoms with Crippen molar-refractivity contribution >= 4 is 17.6 Å². The Morgan fingerprint density at radius 1 is 1.30 bits per heavy atom. The van der Waals surface area contributed by atoms with Crippen LogP contribution < -0.4 is 10.6 Å². The second kappa shape index (κ2) is 12.2. The molecule has 0 saturated heterocycles. The van der Waals surface area contributed by atoms with Crippen molar-refractivity contribution < 1.29 is 9.47 Å². The normalized spacial score (nSPS) is 13.0. The van der Waals surface area contributed by atoms with E-state index >= 15 is 0 Å². The summed E-state index contributed by atoms with van der Waals surface area (Å²) in [6, 6.07) is 7.70. The third kappa shape index (κ3) is 8.21. The Labute approximate surface area is 144 Å². The molecule has 1 rings (SSSR count). The fraction of sp³-hybridized carbons (Fsp3) is 0.588. The van der Waals surface area contributed by atoms with Gasteiger partial charge in [0.05, 0.1) is 6.10 Å². The lowest BCUT2D eigenvalue weighted by Crippen LogP contribution is -2.40. The Bertz CT molecular complexity index is 469. The van der Waals surface area contributed by atoms with Gasteiger partial charge in [-0.05, 0) is 37.5 Å². The molecule has 130 valence electrons. The van der Waals surface area contributed by atoms with E-state index in [1.165, 1.54) is 0 Å². The summed E-state index contributed by atoms with van der Waals surface area (Å²) in [6.07, 6.45) is 2.01. The molecule has 0 fully saturated rings. The third-order valence-electron chi connectivity index (χ3n) is 3.40. The predicted octanol–water partition coefficient (Wildman–Crippen LogP) is 3.01. The van der Waals surface area contributed by atoms with Crippen LogP contribution >= 0.6 is 11.6 Å². The summed E-state index contributed by atoms with van der Waals surface area (Å²) < 4.78 is 10.9. The highest BCUT2D eigenvalue weighted by atomic mass is 35.5. The first kappa shape index (κ1) is 19.7. The summed E-state index contributed by atoms with van der Waals surface area (Å²) in [7, 11) is 3.45. The summed E-state index contributed by atoms with van der Waals surface area (Å²) in [4.78, 5) is 4.22. The minimum absolute atomic E-state index is 0.0785. The molecule has 0 spiro atoms. The van der Waals surface area contributed by atoms with E-state index in [-0.39, 0.29) is 6.10 Å². The molecule has 1 atom stereocenters. The third-order valence-corrected chi connectivity index (χ3v) is 3.63. The van der Waals surface area contributed by atoms with Crippen LogP contribution in [0.4, 0.5) is 0 Å². The van der Waals surface area contributed by atoms with Crippen molar-refractivity contribution in [1.29, 1.82) is 0 Å². The minimum atomic E-state index is -0.0785. The fourth-order valence-electron chi connectivity index (χ4n) is 2.13. The number of hydrogen-bond acceptors (Lipinski definition) is 3. The van der Waals surface area contributed by atoms with Gasteiger partial charge in [-0.1, -0.05) is 23.7 Å². The number of nitrogens with one attached hydrogen (secondary N) is 2. The summed E-state index contributed by atoms with van der Waals surface area (Å²) in [5.41, 5.74) is 1.04. The molecule has 0 aromatic heterocycles. The van der Waals surface area contributed by atoms with Gasteiger partial charge in [-0.2, -0.15) is 0 Å². The average Bonchev–Trinajstić information content (AvgIpc) is 2.56. The first-order valence-electron chi connectivity index (χ1n) is 8.01. The molecule has 1 unspecified atom stereocenters. The Morgan fingerprint density at radius 2 is 2.13 bits per heavy atom. The van der Waals surface area contributed by atoms with E-state index in [4.69, 9.17) is 21.1 Å². The Morgan fingerprint density at radius 3 is 2.78 bits per heavy atom. The highest BCUT2D eigenvalue weighted by molar-refractivity contribution is 6.30. The lowest BCUT2D eigenvalue weighted by atomic mass is 10.1. The van der Waals surface area contributed by atoms with E-state index in [0.717, 1.165) is 44.1 Å². The van der Waals surface area contributed by atoms with Crippen molar-refractivity contribution in [3.05, 3.63) is 34.9 Å². The molecule has 0 heterocycles. The van der Waals surface area contributed by atoms with Crippen LogP contribution in [0.2, 0.25) is 5.02 Å². The van der Waals surface area contributed by atoms with Crippen LogP contribution in [-0.4, -0.2) is 46.4 Å². The van der Waals surface area contributed by atoms with Crippen LogP contribution in [0.1, 0.15) is 31.4 Å². The van der Waals surface area contributed by atoms with Crippen LogP contribution in [-0.2, 0) is 9.47 Å². The SMILES string of the molecule is CCOCCCCNC(=NC)NCC(OC)c1cccc(Cl)c1. The van der Waals surface area contributed by atoms with E-state index in [9.17, 15) is 0 Å². The van der Waals surface area contributed by atoms with Gasteiger partial charge in [-0.3, -0.25) is 4.99 Å². The first-order valence-corrected chi connectivity index (χ1v) is 8.39. The van der Waals surface area contributed by atoms with Crippen molar-refractivity contribution in [3.63, 3.8) is 0 Å². The number of guanidine groups is 1. The van der Waals surface area contributed by atoms with E-state index < -0.39 is 0 Å². The minimum Gasteiger partial charge on any atom is -0.382 e. The van der Waals surface area contributed by atoms with Crippen molar-refractivity contribution in [1.82, 2.24) is 10.6 Å². The van der Waals surface area contributed by atoms with Crippen molar-refractivity contribution in [3.8, 4) is 0 Å². The molecule has 2 N–H and O–H groups in total. The monoisotopic (exact) mass is 341 g/mol. The van der Waals surface area contributed by atoms with E-state index in [2.05, 4.69) is 15.6 Å². The smallest absolute Gasteiger partial charge is 0.191 e. The summed E-state index contributed by atoms with van der Waals surface area (Å²) in [6.45, 7) is 5.08. The topological polar surface area (TPSA) is 54.9 Å². The van der Waals surface area contributed by atoms with Gasteiger partial charge in [0.25, 0.3) is 0 Å². The van der Waals surface area contributed by atoms with Gasteiger partial charge in [0.1, 0.15) is 0 Å². The molecule has 0 saturated carbocycles. The summed E-state index contributed by atoms with van der Waals surface area (Å²) in [5.74, 6) is 0.769. The number of unbranched alkanes of at least 4 members (excludes halogenated alkanes) is 1. The fourth-order valence-corrected chi connectivity index (χ4v) is 2.33. The van der Waals surface area contributed by atoms with Crippen LogP contribution in [0.3, 0.4) is 0 Å². The molecule has 5 nitrogen and oxygen atoms in total. The van der Waals surface area contributed by atoms with Crippen molar-refractivity contribution in [2.75, 3.05) is 40.5 Å². The molecule has 0 aliphatic carbocycles. The Balaban J connectivity index is 2.34. The van der Waals surface area contributed by atoms with Gasteiger partial charge in [-0.15, -0.1) is 0 Å². The molecule has 6 heteroatoms. The lowest BCUT2D eigenvalue weighted by Gasteiger charge is -2.19. The van der Waals surface area contributed by atoms with Crippen molar-refractivity contribution in [2.45, 2.75) is 25.9 Å². The van der Waals surface area contributed by atoms with Gasteiger partial charge >= 0.3 is 0 Å². The molecule has 23 heavy (non-hydrogen) atoms. The van der Waals surface area contributed by atoms with Crippen LogP contribution in [0, 0.1) is 0 Å². The summed E-state index contributed by atoms with van der Waals surface area (Å²) in [5, 5.41) is 7.28. The van der Waals surface area contributed by atoms with E-state index in [1.54, 1.807) is 14.2 Å². The van der Waals surface area contributed by atoms with Gasteiger partial charge in [0.2, 0.25) is 0 Å². The van der Waals surface area contributed by atoms with Crippen LogP contribution in [0.5, 0.6) is 0 Å². The maximum atomic E-state index is 6.03. The molecule has 1 aromatic carbocycles. The van der Waals surface area contributed by atoms with E-state index in [0.29, 0.717) is 11.6 Å². The van der Waals surface area contributed by atoms with Gasteiger partial charge in [-0.25, -0.2) is 0 Å². The summed E-state index contributed by atoms with van der Waals surface area (Å²) >= 11 is 6.03. The zero-order valence-corrected chi connectivity index (χ0v) is 15.0. The first-order chi connectivity index (χ1) is 11.2. The van der Waals surface area contributed by atoms with Crippen LogP contribution in [0.25, 0.3) is 0 Å². The molecular formula is C17H28ClN3O2. The maximum Gasteiger partial charge on any atom is 0.191 e. The zero-order valence-electron chi connectivity index (χ0n) is 14.3. The molecule has 0 radical (unpaired) electrons. The molecular weight excluding hydrogens is 314 g/mol. The second-order valence-electron chi connectivity index (χ2n) is 5.06. The Hall–Kier alpha value is -1.30. The Kier molecular flexibility index (Phi) is 10.4. The number of ether oxygens (including phenoxy) is 2. The highest BCUT2D eigenvalue weighted by Gasteiger charge is 2.11. The average molecular weight is 342 g/mol. The number of benzene rings is 1.